The summed E-state index contributed by atoms with van der Waals surface area (Å²) in [4.78, 5) is 24.5. The van der Waals surface area contributed by atoms with Crippen LogP contribution in [0.25, 0.3) is 11.2 Å². The van der Waals surface area contributed by atoms with Gasteiger partial charge in [-0.3, -0.25) is 10.2 Å². The SMILES string of the molecule is Cc1ccccc1NN(C=O)c1nc2ncccc2nc1C. The van der Waals surface area contributed by atoms with Gasteiger partial charge in [0.1, 0.15) is 5.52 Å². The molecule has 110 valence electrons. The number of pyridine rings is 1. The van der Waals surface area contributed by atoms with Crippen LogP contribution >= 0.6 is 0 Å². The van der Waals surface area contributed by atoms with Gasteiger partial charge in [0.25, 0.3) is 0 Å². The molecular weight excluding hydrogens is 278 g/mol. The van der Waals surface area contributed by atoms with Gasteiger partial charge < -0.3 is 0 Å². The number of nitrogens with one attached hydrogen (secondary N) is 1. The van der Waals surface area contributed by atoms with Crippen LogP contribution in [0, 0.1) is 13.8 Å². The molecule has 6 heteroatoms. The highest BCUT2D eigenvalue weighted by Gasteiger charge is 2.14. The molecule has 0 aliphatic carbocycles. The Morgan fingerprint density at radius 3 is 2.68 bits per heavy atom. The molecule has 0 saturated carbocycles. The van der Waals surface area contributed by atoms with Crippen molar-refractivity contribution in [3.8, 4) is 0 Å². The van der Waals surface area contributed by atoms with Gasteiger partial charge in [-0.2, -0.15) is 0 Å². The minimum absolute atomic E-state index is 0.435. The van der Waals surface area contributed by atoms with Gasteiger partial charge in [0.05, 0.1) is 11.4 Å². The lowest BCUT2D eigenvalue weighted by Crippen LogP contribution is -2.30. The second-order valence-electron chi connectivity index (χ2n) is 4.88. The molecule has 0 saturated heterocycles. The van der Waals surface area contributed by atoms with Crippen molar-refractivity contribution in [3.63, 3.8) is 0 Å². The minimum atomic E-state index is 0.435. The first-order valence-corrected chi connectivity index (χ1v) is 6.85. The Morgan fingerprint density at radius 1 is 1.09 bits per heavy atom. The average molecular weight is 293 g/mol. The number of rotatable bonds is 4. The van der Waals surface area contributed by atoms with Crippen molar-refractivity contribution in [2.75, 3.05) is 10.4 Å². The van der Waals surface area contributed by atoms with Crippen LogP contribution in [-0.2, 0) is 4.79 Å². The maximum Gasteiger partial charge on any atom is 0.234 e. The summed E-state index contributed by atoms with van der Waals surface area (Å²) >= 11 is 0. The van der Waals surface area contributed by atoms with E-state index >= 15 is 0 Å². The third-order valence-electron chi connectivity index (χ3n) is 3.31. The fourth-order valence-electron chi connectivity index (χ4n) is 2.16. The third kappa shape index (κ3) is 2.58. The lowest BCUT2D eigenvalue weighted by Gasteiger charge is -2.21. The van der Waals surface area contributed by atoms with Crippen LogP contribution in [0.3, 0.4) is 0 Å². The summed E-state index contributed by atoms with van der Waals surface area (Å²) in [5.74, 6) is 0.435. The fraction of sp³-hybridized carbons (Fsp3) is 0.125. The molecule has 2 aromatic heterocycles. The third-order valence-corrected chi connectivity index (χ3v) is 3.31. The lowest BCUT2D eigenvalue weighted by atomic mass is 10.2. The fourth-order valence-corrected chi connectivity index (χ4v) is 2.16. The topological polar surface area (TPSA) is 71.0 Å². The van der Waals surface area contributed by atoms with Crippen molar-refractivity contribution < 1.29 is 4.79 Å². The Bertz CT molecular complexity index is 834. The normalized spacial score (nSPS) is 10.5. The molecule has 0 spiro atoms. The number of benzene rings is 1. The second-order valence-corrected chi connectivity index (χ2v) is 4.88. The summed E-state index contributed by atoms with van der Waals surface area (Å²) in [5, 5.41) is 1.32. The van der Waals surface area contributed by atoms with Gasteiger partial charge >= 0.3 is 0 Å². The largest absolute Gasteiger partial charge is 0.290 e. The quantitative estimate of drug-likeness (QED) is 0.591. The van der Waals surface area contributed by atoms with Crippen LogP contribution in [0.15, 0.2) is 42.6 Å². The van der Waals surface area contributed by atoms with Gasteiger partial charge in [0, 0.05) is 6.20 Å². The number of anilines is 2. The number of hydrogen-bond donors (Lipinski definition) is 1. The van der Waals surface area contributed by atoms with Gasteiger partial charge in [-0.1, -0.05) is 18.2 Å². The number of nitrogens with zero attached hydrogens (tertiary/aromatic N) is 4. The number of aromatic nitrogens is 3. The van der Waals surface area contributed by atoms with Gasteiger partial charge in [-0.15, -0.1) is 0 Å². The van der Waals surface area contributed by atoms with Crippen LogP contribution in [-0.4, -0.2) is 21.4 Å². The number of aryl methyl sites for hydroxylation is 2. The number of carbonyl (C=O) groups excluding carboxylic acids is 1. The molecule has 0 bridgehead atoms. The predicted octanol–water partition coefficient (Wildman–Crippen LogP) is 2.63. The Labute approximate surface area is 127 Å². The summed E-state index contributed by atoms with van der Waals surface area (Å²) in [6.07, 6.45) is 2.33. The summed E-state index contributed by atoms with van der Waals surface area (Å²) in [6, 6.07) is 11.3. The van der Waals surface area contributed by atoms with E-state index in [1.165, 1.54) is 5.01 Å². The van der Waals surface area contributed by atoms with Crippen LogP contribution in [0.1, 0.15) is 11.3 Å². The van der Waals surface area contributed by atoms with E-state index in [0.29, 0.717) is 29.1 Å². The van der Waals surface area contributed by atoms with Gasteiger partial charge in [-0.05, 0) is 37.6 Å². The predicted molar refractivity (Wildman–Crippen MR) is 85.4 cm³/mol. The molecule has 0 aliphatic heterocycles. The van der Waals surface area contributed by atoms with E-state index in [9.17, 15) is 4.79 Å². The Morgan fingerprint density at radius 2 is 1.91 bits per heavy atom. The molecular formula is C16H15N5O. The van der Waals surface area contributed by atoms with E-state index in [1.807, 2.05) is 44.2 Å². The van der Waals surface area contributed by atoms with Gasteiger partial charge in [0.15, 0.2) is 11.5 Å². The first-order chi connectivity index (χ1) is 10.7. The number of carbonyl (C=O) groups is 1. The van der Waals surface area contributed by atoms with Crippen LogP contribution < -0.4 is 10.4 Å². The number of hydrazine groups is 1. The smallest absolute Gasteiger partial charge is 0.234 e. The molecule has 3 aromatic rings. The zero-order chi connectivity index (χ0) is 15.5. The van der Waals surface area contributed by atoms with Crippen molar-refractivity contribution in [3.05, 3.63) is 53.9 Å². The van der Waals surface area contributed by atoms with Crippen LogP contribution in [0.2, 0.25) is 0 Å². The van der Waals surface area contributed by atoms with Crippen molar-refractivity contribution in [1.82, 2.24) is 15.0 Å². The van der Waals surface area contributed by atoms with E-state index in [1.54, 1.807) is 12.3 Å². The van der Waals surface area contributed by atoms with Gasteiger partial charge in [-0.25, -0.2) is 20.0 Å². The number of hydrogen-bond acceptors (Lipinski definition) is 5. The maximum atomic E-state index is 11.5. The molecule has 0 radical (unpaired) electrons. The number of amides is 1. The van der Waals surface area contributed by atoms with E-state index in [4.69, 9.17) is 0 Å². The molecule has 2 heterocycles. The zero-order valence-corrected chi connectivity index (χ0v) is 12.3. The minimum Gasteiger partial charge on any atom is -0.290 e. The van der Waals surface area contributed by atoms with Crippen molar-refractivity contribution in [1.29, 1.82) is 0 Å². The molecule has 1 aromatic carbocycles. The van der Waals surface area contributed by atoms with Crippen LogP contribution in [0.5, 0.6) is 0 Å². The highest BCUT2D eigenvalue weighted by Crippen LogP contribution is 2.20. The number of fused-ring (bicyclic) bond motifs is 1. The van der Waals surface area contributed by atoms with E-state index in [0.717, 1.165) is 11.3 Å². The van der Waals surface area contributed by atoms with Crippen molar-refractivity contribution in [2.24, 2.45) is 0 Å². The molecule has 6 nitrogen and oxygen atoms in total. The van der Waals surface area contributed by atoms with Crippen molar-refractivity contribution in [2.45, 2.75) is 13.8 Å². The lowest BCUT2D eigenvalue weighted by molar-refractivity contribution is -0.107. The summed E-state index contributed by atoms with van der Waals surface area (Å²) in [6.45, 7) is 3.77. The highest BCUT2D eigenvalue weighted by molar-refractivity contribution is 5.81. The summed E-state index contributed by atoms with van der Waals surface area (Å²) < 4.78 is 0. The van der Waals surface area contributed by atoms with E-state index in [2.05, 4.69) is 20.4 Å². The van der Waals surface area contributed by atoms with Crippen LogP contribution in [0.4, 0.5) is 11.5 Å². The Hall–Kier alpha value is -3.02. The van der Waals surface area contributed by atoms with E-state index < -0.39 is 0 Å². The molecule has 1 amide bonds. The Balaban J connectivity index is 2.02. The molecule has 1 N–H and O–H groups in total. The summed E-state index contributed by atoms with van der Waals surface area (Å²) in [7, 11) is 0. The van der Waals surface area contributed by atoms with Gasteiger partial charge in [0.2, 0.25) is 6.41 Å². The first kappa shape index (κ1) is 13.9. The van der Waals surface area contributed by atoms with E-state index in [-0.39, 0.29) is 0 Å². The summed E-state index contributed by atoms with van der Waals surface area (Å²) in [5.41, 5.74) is 6.76. The van der Waals surface area contributed by atoms with Crippen molar-refractivity contribution >= 4 is 29.1 Å². The zero-order valence-electron chi connectivity index (χ0n) is 12.3. The standard InChI is InChI=1S/C16H15N5O/c1-11-6-3-4-7-13(11)20-21(10-22)16-12(2)18-14-8-5-9-17-15(14)19-16/h3-10,20H,1-2H3. The molecule has 0 fully saturated rings. The highest BCUT2D eigenvalue weighted by atomic mass is 16.1. The molecule has 3 rings (SSSR count). The Kier molecular flexibility index (Phi) is 3.65. The average Bonchev–Trinajstić information content (AvgIpc) is 2.54. The molecule has 22 heavy (non-hydrogen) atoms. The first-order valence-electron chi connectivity index (χ1n) is 6.85. The number of para-hydroxylation sites is 1. The monoisotopic (exact) mass is 293 g/mol. The molecule has 0 aliphatic rings. The second kappa shape index (κ2) is 5.77. The molecule has 0 unspecified atom stereocenters. The maximum absolute atomic E-state index is 11.5. The molecule has 0 atom stereocenters.